The fourth-order valence-electron chi connectivity index (χ4n) is 4.82. The zero-order valence-electron chi connectivity index (χ0n) is 22.0. The summed E-state index contributed by atoms with van der Waals surface area (Å²) in [6.45, 7) is 12.7. The number of carbonyl (C=O) groups excluding carboxylic acids is 2. The summed E-state index contributed by atoms with van der Waals surface area (Å²) in [5.74, 6) is -0.795. The molecule has 4 heterocycles. The van der Waals surface area contributed by atoms with Crippen molar-refractivity contribution >= 4 is 23.7 Å². The van der Waals surface area contributed by atoms with E-state index in [0.717, 1.165) is 11.3 Å². The summed E-state index contributed by atoms with van der Waals surface area (Å²) in [6, 6.07) is 6.93. The minimum atomic E-state index is -1.06. The summed E-state index contributed by atoms with van der Waals surface area (Å²) < 4.78 is 15.9. The fraction of sp³-hybridized carbons (Fsp3) is 0.393. The van der Waals surface area contributed by atoms with Crippen LogP contribution in [0.3, 0.4) is 0 Å². The number of hydrogen-bond acceptors (Lipinski definition) is 5. The van der Waals surface area contributed by atoms with Crippen LogP contribution in [0.25, 0.3) is 16.9 Å². The van der Waals surface area contributed by atoms with Crippen LogP contribution in [0.2, 0.25) is 0 Å². The van der Waals surface area contributed by atoms with Gasteiger partial charge in [0.05, 0.1) is 24.1 Å². The van der Waals surface area contributed by atoms with Crippen LogP contribution in [0.4, 0.5) is 4.39 Å². The number of piperazine rings is 1. The van der Waals surface area contributed by atoms with Gasteiger partial charge >= 0.3 is 0 Å². The lowest BCUT2D eigenvalue weighted by Crippen LogP contribution is -2.64. The number of rotatable bonds is 3. The van der Waals surface area contributed by atoms with Crippen LogP contribution in [0, 0.1) is 12.7 Å². The second-order valence-electron chi connectivity index (χ2n) is 11.1. The van der Waals surface area contributed by atoms with Crippen LogP contribution in [0.5, 0.6) is 0 Å². The molecule has 0 radical (unpaired) electrons. The molecule has 0 saturated carbocycles. The standard InChI is InChI=1S/C28H31FN6O2/c1-17-7-8-18(13-21(17)29)22-14-20(27(2,3)4)24-31-23(16-35(24)32-22)25(36)34-12-11-33(19-9-10-30-15-19)26(37)28(34,5)6/h7-9,13-16H,10-12H2,1-6H3. The Balaban J connectivity index is 1.54. The second kappa shape index (κ2) is 8.61. The summed E-state index contributed by atoms with van der Waals surface area (Å²) >= 11 is 0. The average Bonchev–Trinajstić information content (AvgIpc) is 3.51. The Labute approximate surface area is 215 Å². The number of benzene rings is 1. The van der Waals surface area contributed by atoms with Crippen molar-refractivity contribution in [2.75, 3.05) is 19.6 Å². The lowest BCUT2D eigenvalue weighted by molar-refractivity contribution is -0.143. The van der Waals surface area contributed by atoms with E-state index in [1.165, 1.54) is 6.07 Å². The van der Waals surface area contributed by atoms with Crippen LogP contribution in [0.1, 0.15) is 56.2 Å². The quantitative estimate of drug-likeness (QED) is 0.538. The van der Waals surface area contributed by atoms with Crippen molar-refractivity contribution < 1.29 is 14.0 Å². The lowest BCUT2D eigenvalue weighted by Gasteiger charge is -2.45. The molecule has 192 valence electrons. The van der Waals surface area contributed by atoms with E-state index >= 15 is 0 Å². The number of hydrogen-bond donors (Lipinski definition) is 0. The van der Waals surface area contributed by atoms with Crippen molar-refractivity contribution in [2.45, 2.75) is 52.5 Å². The molecule has 9 heteroatoms. The highest BCUT2D eigenvalue weighted by atomic mass is 19.1. The van der Waals surface area contributed by atoms with Gasteiger partial charge < -0.3 is 9.80 Å². The molecule has 37 heavy (non-hydrogen) atoms. The lowest BCUT2D eigenvalue weighted by atomic mass is 9.87. The zero-order chi connectivity index (χ0) is 26.7. The average molecular weight is 503 g/mol. The van der Waals surface area contributed by atoms with Crippen molar-refractivity contribution in [3.63, 3.8) is 0 Å². The minimum Gasteiger partial charge on any atom is -0.321 e. The van der Waals surface area contributed by atoms with Crippen molar-refractivity contribution in [1.82, 2.24) is 24.4 Å². The van der Waals surface area contributed by atoms with Gasteiger partial charge in [0, 0.05) is 30.4 Å². The summed E-state index contributed by atoms with van der Waals surface area (Å²) in [7, 11) is 0. The highest BCUT2D eigenvalue weighted by Gasteiger charge is 2.46. The van der Waals surface area contributed by atoms with E-state index in [9.17, 15) is 14.0 Å². The van der Waals surface area contributed by atoms with Crippen LogP contribution in [-0.2, 0) is 10.2 Å². The van der Waals surface area contributed by atoms with Crippen molar-refractivity contribution in [2.24, 2.45) is 4.99 Å². The summed E-state index contributed by atoms with van der Waals surface area (Å²) in [6.07, 6.45) is 5.20. The number of carbonyl (C=O) groups is 2. The molecule has 1 fully saturated rings. The molecule has 2 aliphatic rings. The molecule has 8 nitrogen and oxygen atoms in total. The summed E-state index contributed by atoms with van der Waals surface area (Å²) in [5.41, 5.74) is 2.84. The van der Waals surface area contributed by atoms with Gasteiger partial charge in [-0.1, -0.05) is 32.9 Å². The molecule has 5 rings (SSSR count). The first kappa shape index (κ1) is 24.8. The molecule has 0 N–H and O–H groups in total. The Bertz CT molecular complexity index is 1490. The van der Waals surface area contributed by atoms with E-state index in [1.807, 2.05) is 18.2 Å². The normalized spacial score (nSPS) is 17.6. The third-order valence-electron chi connectivity index (χ3n) is 7.10. The van der Waals surface area contributed by atoms with Gasteiger partial charge in [-0.3, -0.25) is 14.6 Å². The Morgan fingerprint density at radius 2 is 1.89 bits per heavy atom. The monoisotopic (exact) mass is 502 g/mol. The molecule has 1 aromatic carbocycles. The molecule has 2 aliphatic heterocycles. The molecule has 0 atom stereocenters. The predicted molar refractivity (Wildman–Crippen MR) is 140 cm³/mol. The first-order valence-electron chi connectivity index (χ1n) is 12.4. The van der Waals surface area contributed by atoms with Crippen LogP contribution < -0.4 is 0 Å². The van der Waals surface area contributed by atoms with Crippen LogP contribution in [0.15, 0.2) is 47.2 Å². The molecular weight excluding hydrogens is 471 g/mol. The second-order valence-corrected chi connectivity index (χ2v) is 11.1. The maximum atomic E-state index is 14.3. The molecule has 0 bridgehead atoms. The van der Waals surface area contributed by atoms with Crippen LogP contribution in [-0.4, -0.2) is 67.6 Å². The molecule has 1 saturated heterocycles. The number of halogens is 1. The van der Waals surface area contributed by atoms with Gasteiger partial charge in [-0.05, 0) is 50.0 Å². The van der Waals surface area contributed by atoms with Gasteiger partial charge in [0.25, 0.3) is 11.8 Å². The van der Waals surface area contributed by atoms with Crippen molar-refractivity contribution in [3.05, 3.63) is 64.9 Å². The first-order valence-corrected chi connectivity index (χ1v) is 12.4. The Hall–Kier alpha value is -3.88. The molecule has 2 aromatic heterocycles. The number of amides is 2. The zero-order valence-corrected chi connectivity index (χ0v) is 22.0. The predicted octanol–water partition coefficient (Wildman–Crippen LogP) is 4.17. The molecule has 3 aromatic rings. The molecule has 0 spiro atoms. The van der Waals surface area contributed by atoms with Gasteiger partial charge in [0.1, 0.15) is 17.1 Å². The third kappa shape index (κ3) is 4.22. The number of aliphatic imine (C=N–C) groups is 1. The molecule has 0 unspecified atom stereocenters. The topological polar surface area (TPSA) is 83.2 Å². The number of nitrogens with zero attached hydrogens (tertiary/aromatic N) is 6. The Morgan fingerprint density at radius 1 is 1.14 bits per heavy atom. The van der Waals surface area contributed by atoms with E-state index in [-0.39, 0.29) is 28.7 Å². The fourth-order valence-corrected chi connectivity index (χ4v) is 4.82. The first-order chi connectivity index (χ1) is 17.4. The number of allylic oxidation sites excluding steroid dienone is 1. The number of fused-ring (bicyclic) bond motifs is 1. The molecule has 2 amide bonds. The minimum absolute atomic E-state index is 0.160. The van der Waals surface area contributed by atoms with Gasteiger partial charge in [-0.15, -0.1) is 0 Å². The maximum Gasteiger partial charge on any atom is 0.275 e. The van der Waals surface area contributed by atoms with Gasteiger partial charge in [0.15, 0.2) is 5.65 Å². The van der Waals surface area contributed by atoms with E-state index in [2.05, 4.69) is 35.8 Å². The highest BCUT2D eigenvalue weighted by molar-refractivity contribution is 6.01. The number of imidazole rings is 1. The van der Waals surface area contributed by atoms with Gasteiger partial charge in [-0.2, -0.15) is 5.10 Å². The van der Waals surface area contributed by atoms with Crippen LogP contribution >= 0.6 is 0 Å². The Morgan fingerprint density at radius 3 is 2.54 bits per heavy atom. The maximum absolute atomic E-state index is 14.3. The van der Waals surface area contributed by atoms with E-state index < -0.39 is 5.54 Å². The summed E-state index contributed by atoms with van der Waals surface area (Å²) in [4.78, 5) is 39.2. The summed E-state index contributed by atoms with van der Waals surface area (Å²) in [5, 5.41) is 4.67. The largest absolute Gasteiger partial charge is 0.321 e. The number of aromatic nitrogens is 3. The van der Waals surface area contributed by atoms with Gasteiger partial charge in [-0.25, -0.2) is 13.9 Å². The molecule has 0 aliphatic carbocycles. The van der Waals surface area contributed by atoms with Gasteiger partial charge in [0.2, 0.25) is 0 Å². The SMILES string of the molecule is Cc1ccc(-c2cc(C(C)(C)C)c3nc(C(=O)N4CCN(C5=CCN=C5)C(=O)C4(C)C)cn3n2)cc1F. The van der Waals surface area contributed by atoms with E-state index in [0.29, 0.717) is 42.1 Å². The molecular formula is C28H31FN6O2. The van der Waals surface area contributed by atoms with E-state index in [1.54, 1.807) is 53.6 Å². The number of aryl methyl sites for hydroxylation is 1. The van der Waals surface area contributed by atoms with E-state index in [4.69, 9.17) is 0 Å². The van der Waals surface area contributed by atoms with Crippen molar-refractivity contribution in [3.8, 4) is 11.3 Å². The highest BCUT2D eigenvalue weighted by Crippen LogP contribution is 2.32. The Kier molecular flexibility index (Phi) is 5.77. The van der Waals surface area contributed by atoms with Crippen molar-refractivity contribution in [1.29, 1.82) is 0 Å². The smallest absolute Gasteiger partial charge is 0.275 e. The third-order valence-corrected chi connectivity index (χ3v) is 7.10.